The van der Waals surface area contributed by atoms with Crippen molar-refractivity contribution in [2.45, 2.75) is 54.1 Å². The Bertz CT molecular complexity index is 332. The van der Waals surface area contributed by atoms with Crippen LogP contribution in [0.1, 0.15) is 44.1 Å². The Morgan fingerprint density at radius 1 is 1.29 bits per heavy atom. The Balaban J connectivity index is 0.00000256. The molecule has 0 aliphatic heterocycles. The van der Waals surface area contributed by atoms with Gasteiger partial charge in [0, 0.05) is 24.3 Å². The lowest BCUT2D eigenvalue weighted by molar-refractivity contribution is 0.536. The van der Waals surface area contributed by atoms with Crippen molar-refractivity contribution in [1.29, 1.82) is 0 Å². The topological polar surface area (TPSA) is 29.9 Å². The molecule has 0 atom stereocenters. The van der Waals surface area contributed by atoms with Crippen molar-refractivity contribution in [2.24, 2.45) is 5.92 Å². The van der Waals surface area contributed by atoms with Gasteiger partial charge in [-0.15, -0.1) is 12.4 Å². The van der Waals surface area contributed by atoms with Gasteiger partial charge in [0.05, 0.1) is 5.69 Å². The summed E-state index contributed by atoms with van der Waals surface area (Å²) in [6, 6.07) is 0. The maximum Gasteiger partial charge on any atom is 0.0641 e. The molecule has 0 bridgehead atoms. The molecular formula is C13H26ClN3. The van der Waals surface area contributed by atoms with Crippen LogP contribution in [0.4, 0.5) is 0 Å². The highest BCUT2D eigenvalue weighted by Gasteiger charge is 2.09. The summed E-state index contributed by atoms with van der Waals surface area (Å²) in [6.07, 6.45) is 1.24. The van der Waals surface area contributed by atoms with Crippen molar-refractivity contribution in [1.82, 2.24) is 15.1 Å². The molecule has 0 saturated carbocycles. The molecule has 1 heterocycles. The van der Waals surface area contributed by atoms with E-state index < -0.39 is 0 Å². The van der Waals surface area contributed by atoms with Gasteiger partial charge in [-0.3, -0.25) is 4.68 Å². The van der Waals surface area contributed by atoms with Gasteiger partial charge in [-0.2, -0.15) is 5.10 Å². The van der Waals surface area contributed by atoms with E-state index in [0.717, 1.165) is 31.2 Å². The van der Waals surface area contributed by atoms with Crippen molar-refractivity contribution in [2.75, 3.05) is 6.54 Å². The zero-order valence-corrected chi connectivity index (χ0v) is 12.5. The maximum absolute atomic E-state index is 4.52. The first kappa shape index (κ1) is 16.5. The number of aromatic nitrogens is 2. The number of hydrogen-bond acceptors (Lipinski definition) is 2. The van der Waals surface area contributed by atoms with E-state index in [0.29, 0.717) is 0 Å². The third kappa shape index (κ3) is 4.68. The van der Waals surface area contributed by atoms with Crippen LogP contribution in [0.3, 0.4) is 0 Å². The molecule has 0 spiro atoms. The van der Waals surface area contributed by atoms with Crippen molar-refractivity contribution in [3.8, 4) is 0 Å². The van der Waals surface area contributed by atoms with E-state index in [-0.39, 0.29) is 12.4 Å². The molecule has 0 saturated heterocycles. The third-order valence-corrected chi connectivity index (χ3v) is 3.03. The molecule has 0 unspecified atom stereocenters. The average Bonchev–Trinajstić information content (AvgIpc) is 2.50. The zero-order chi connectivity index (χ0) is 12.1. The molecule has 0 amide bonds. The standard InChI is InChI=1S/C13H25N3.ClH/c1-6-16-12(5)13(11(4)15-16)9-14-8-7-10(2)3;/h10,14H,6-9H2,1-5H3;1H. The molecule has 4 heteroatoms. The summed E-state index contributed by atoms with van der Waals surface area (Å²) in [5.41, 5.74) is 3.83. The molecule has 0 radical (unpaired) electrons. The maximum atomic E-state index is 4.52. The van der Waals surface area contributed by atoms with Gasteiger partial charge < -0.3 is 5.32 Å². The molecule has 0 aliphatic rings. The van der Waals surface area contributed by atoms with E-state index >= 15 is 0 Å². The van der Waals surface area contributed by atoms with Crippen molar-refractivity contribution >= 4 is 12.4 Å². The van der Waals surface area contributed by atoms with Gasteiger partial charge in [-0.05, 0) is 39.7 Å². The number of aryl methyl sites for hydroxylation is 2. The number of hydrogen-bond donors (Lipinski definition) is 1. The quantitative estimate of drug-likeness (QED) is 0.796. The largest absolute Gasteiger partial charge is 0.313 e. The first-order chi connectivity index (χ1) is 7.56. The van der Waals surface area contributed by atoms with Gasteiger partial charge in [0.1, 0.15) is 0 Å². The Hall–Kier alpha value is -0.540. The van der Waals surface area contributed by atoms with Crippen molar-refractivity contribution in [3.63, 3.8) is 0 Å². The second kappa shape index (κ2) is 7.72. The highest BCUT2D eigenvalue weighted by molar-refractivity contribution is 5.85. The lowest BCUT2D eigenvalue weighted by Crippen LogP contribution is -2.17. The molecule has 0 fully saturated rings. The normalized spacial score (nSPS) is 10.7. The smallest absolute Gasteiger partial charge is 0.0641 e. The number of nitrogens with one attached hydrogen (secondary N) is 1. The Morgan fingerprint density at radius 2 is 1.94 bits per heavy atom. The summed E-state index contributed by atoms with van der Waals surface area (Å²) in [5, 5.41) is 8.02. The fourth-order valence-electron chi connectivity index (χ4n) is 1.90. The average molecular weight is 260 g/mol. The van der Waals surface area contributed by atoms with E-state index in [2.05, 4.69) is 49.7 Å². The van der Waals surface area contributed by atoms with Gasteiger partial charge in [0.2, 0.25) is 0 Å². The minimum atomic E-state index is 0. The minimum Gasteiger partial charge on any atom is -0.313 e. The first-order valence-electron chi connectivity index (χ1n) is 6.29. The van der Waals surface area contributed by atoms with Gasteiger partial charge >= 0.3 is 0 Å². The van der Waals surface area contributed by atoms with Gasteiger partial charge in [-0.25, -0.2) is 0 Å². The summed E-state index contributed by atoms with van der Waals surface area (Å²) in [6.45, 7) is 13.9. The van der Waals surface area contributed by atoms with E-state index in [9.17, 15) is 0 Å². The predicted molar refractivity (Wildman–Crippen MR) is 75.8 cm³/mol. The van der Waals surface area contributed by atoms with E-state index in [1.165, 1.54) is 17.7 Å². The Kier molecular flexibility index (Phi) is 7.48. The molecular weight excluding hydrogens is 234 g/mol. The van der Waals surface area contributed by atoms with Crippen LogP contribution < -0.4 is 5.32 Å². The lowest BCUT2D eigenvalue weighted by atomic mass is 10.1. The highest BCUT2D eigenvalue weighted by atomic mass is 35.5. The molecule has 17 heavy (non-hydrogen) atoms. The summed E-state index contributed by atoms with van der Waals surface area (Å²) in [7, 11) is 0. The predicted octanol–water partition coefficient (Wildman–Crippen LogP) is 3.08. The molecule has 100 valence electrons. The van der Waals surface area contributed by atoms with Crippen LogP contribution in [0.25, 0.3) is 0 Å². The minimum absolute atomic E-state index is 0. The first-order valence-corrected chi connectivity index (χ1v) is 6.29. The highest BCUT2D eigenvalue weighted by Crippen LogP contribution is 2.12. The van der Waals surface area contributed by atoms with Gasteiger partial charge in [0.25, 0.3) is 0 Å². The zero-order valence-electron chi connectivity index (χ0n) is 11.7. The summed E-state index contributed by atoms with van der Waals surface area (Å²) in [5.74, 6) is 0.771. The fraction of sp³-hybridized carbons (Fsp3) is 0.769. The summed E-state index contributed by atoms with van der Waals surface area (Å²) in [4.78, 5) is 0. The second-order valence-corrected chi connectivity index (χ2v) is 4.82. The molecule has 1 rings (SSSR count). The molecule has 0 aliphatic carbocycles. The lowest BCUT2D eigenvalue weighted by Gasteiger charge is -2.07. The fourth-order valence-corrected chi connectivity index (χ4v) is 1.90. The van der Waals surface area contributed by atoms with Gasteiger partial charge in [-0.1, -0.05) is 13.8 Å². The monoisotopic (exact) mass is 259 g/mol. The SMILES string of the molecule is CCn1nc(C)c(CNCCC(C)C)c1C.Cl. The molecule has 1 aromatic rings. The van der Waals surface area contributed by atoms with Crippen LogP contribution >= 0.6 is 12.4 Å². The molecule has 1 N–H and O–H groups in total. The Morgan fingerprint density at radius 3 is 2.41 bits per heavy atom. The summed E-state index contributed by atoms with van der Waals surface area (Å²) >= 11 is 0. The molecule has 1 aromatic heterocycles. The van der Waals surface area contributed by atoms with Crippen LogP contribution in [0.2, 0.25) is 0 Å². The molecule has 3 nitrogen and oxygen atoms in total. The van der Waals surface area contributed by atoms with Crippen LogP contribution in [0, 0.1) is 19.8 Å². The third-order valence-electron chi connectivity index (χ3n) is 3.03. The van der Waals surface area contributed by atoms with Crippen molar-refractivity contribution in [3.05, 3.63) is 17.0 Å². The van der Waals surface area contributed by atoms with E-state index in [1.54, 1.807) is 0 Å². The number of nitrogens with zero attached hydrogens (tertiary/aromatic N) is 2. The number of rotatable bonds is 6. The second-order valence-electron chi connectivity index (χ2n) is 4.82. The summed E-state index contributed by atoms with van der Waals surface area (Å²) < 4.78 is 2.08. The molecule has 0 aromatic carbocycles. The van der Waals surface area contributed by atoms with Crippen LogP contribution in [-0.2, 0) is 13.1 Å². The van der Waals surface area contributed by atoms with Crippen LogP contribution in [-0.4, -0.2) is 16.3 Å². The van der Waals surface area contributed by atoms with E-state index in [4.69, 9.17) is 0 Å². The van der Waals surface area contributed by atoms with Crippen LogP contribution in [0.15, 0.2) is 0 Å². The Labute approximate surface area is 111 Å². The number of halogens is 1. The van der Waals surface area contributed by atoms with Gasteiger partial charge in [0.15, 0.2) is 0 Å². The van der Waals surface area contributed by atoms with E-state index in [1.807, 2.05) is 0 Å². The van der Waals surface area contributed by atoms with Crippen LogP contribution in [0.5, 0.6) is 0 Å². The van der Waals surface area contributed by atoms with Crippen molar-refractivity contribution < 1.29 is 0 Å².